The zero-order valence-corrected chi connectivity index (χ0v) is 10.4. The standard InChI is InChI=1S/C6H12O6.C5H10O/c7-1-3(9)5(11)6(12)4(10)2-8;1-3-5-6-4-2/h3,5-9,11-12H,1-2H2;4H,2-3,5H2,1H3/t3-,5+,6+;/m1./s1. The first-order valence-electron chi connectivity index (χ1n) is 5.47. The molecule has 0 aliphatic rings. The summed E-state index contributed by atoms with van der Waals surface area (Å²) in [7, 11) is 0. The maximum absolute atomic E-state index is 10.5. The molecule has 0 saturated carbocycles. The van der Waals surface area contributed by atoms with Crippen molar-refractivity contribution >= 4 is 5.78 Å². The first-order valence-corrected chi connectivity index (χ1v) is 5.47. The SMILES string of the molecule is C=COCCC.O=C(CO)[C@H](O)[C@@H](O)[C@H](O)CO. The van der Waals surface area contributed by atoms with Gasteiger partial charge in [-0.1, -0.05) is 13.5 Å². The van der Waals surface area contributed by atoms with Crippen LogP contribution in [0, 0.1) is 0 Å². The van der Waals surface area contributed by atoms with Crippen LogP contribution in [0.2, 0.25) is 0 Å². The lowest BCUT2D eigenvalue weighted by atomic mass is 10.1. The Morgan fingerprint density at radius 3 is 2.17 bits per heavy atom. The molecule has 108 valence electrons. The Morgan fingerprint density at radius 2 is 1.89 bits per heavy atom. The fraction of sp³-hybridized carbons (Fsp3) is 0.727. The molecule has 5 N–H and O–H groups in total. The summed E-state index contributed by atoms with van der Waals surface area (Å²) < 4.78 is 4.75. The average Bonchev–Trinajstić information content (AvgIpc) is 2.42. The normalized spacial score (nSPS) is 14.8. The fourth-order valence-electron chi connectivity index (χ4n) is 0.804. The van der Waals surface area contributed by atoms with E-state index in [1.165, 1.54) is 6.26 Å². The quantitative estimate of drug-likeness (QED) is 0.258. The van der Waals surface area contributed by atoms with Crippen LogP contribution in [0.4, 0.5) is 0 Å². The summed E-state index contributed by atoms with van der Waals surface area (Å²) in [5.74, 6) is -1.00. The van der Waals surface area contributed by atoms with Crippen LogP contribution in [0.25, 0.3) is 0 Å². The van der Waals surface area contributed by atoms with E-state index in [9.17, 15) is 4.79 Å². The van der Waals surface area contributed by atoms with Crippen molar-refractivity contribution in [1.29, 1.82) is 0 Å². The van der Waals surface area contributed by atoms with Gasteiger partial charge in [-0.05, 0) is 6.42 Å². The number of aliphatic hydroxyl groups excluding tert-OH is 5. The Labute approximate surface area is 106 Å². The second kappa shape index (κ2) is 12.5. The van der Waals surface area contributed by atoms with Crippen LogP contribution in [0.3, 0.4) is 0 Å². The first kappa shape index (κ1) is 19.4. The van der Waals surface area contributed by atoms with E-state index in [4.69, 9.17) is 30.3 Å². The number of aliphatic hydroxyl groups is 5. The second-order valence-corrected chi connectivity index (χ2v) is 3.35. The molecular weight excluding hydrogens is 244 g/mol. The van der Waals surface area contributed by atoms with Gasteiger partial charge in [0.1, 0.15) is 24.9 Å². The minimum absolute atomic E-state index is 0.767. The Balaban J connectivity index is 0. The number of hydrogen-bond acceptors (Lipinski definition) is 7. The molecular formula is C11H22O7. The van der Waals surface area contributed by atoms with E-state index in [1.807, 2.05) is 0 Å². The molecule has 0 aromatic heterocycles. The third kappa shape index (κ3) is 9.08. The van der Waals surface area contributed by atoms with Crippen LogP contribution in [-0.2, 0) is 9.53 Å². The highest BCUT2D eigenvalue weighted by molar-refractivity contribution is 5.84. The smallest absolute Gasteiger partial charge is 0.189 e. The summed E-state index contributed by atoms with van der Waals surface area (Å²) in [5, 5.41) is 43.1. The minimum Gasteiger partial charge on any atom is -0.502 e. The number of ketones is 1. The second-order valence-electron chi connectivity index (χ2n) is 3.35. The van der Waals surface area contributed by atoms with E-state index >= 15 is 0 Å². The van der Waals surface area contributed by atoms with Crippen LogP contribution in [0.15, 0.2) is 12.8 Å². The van der Waals surface area contributed by atoms with Gasteiger partial charge in [0.15, 0.2) is 5.78 Å². The van der Waals surface area contributed by atoms with Gasteiger partial charge in [-0.25, -0.2) is 0 Å². The number of ether oxygens (including phenoxy) is 1. The van der Waals surface area contributed by atoms with E-state index in [1.54, 1.807) is 0 Å². The van der Waals surface area contributed by atoms with E-state index in [-0.39, 0.29) is 0 Å². The molecule has 0 spiro atoms. The first-order chi connectivity index (χ1) is 8.45. The molecule has 0 aromatic carbocycles. The van der Waals surface area contributed by atoms with Gasteiger partial charge < -0.3 is 30.3 Å². The van der Waals surface area contributed by atoms with E-state index in [0.717, 1.165) is 13.0 Å². The van der Waals surface area contributed by atoms with Crippen molar-refractivity contribution < 1.29 is 35.1 Å². The Morgan fingerprint density at radius 1 is 1.33 bits per heavy atom. The van der Waals surface area contributed by atoms with Crippen LogP contribution >= 0.6 is 0 Å². The van der Waals surface area contributed by atoms with Crippen LogP contribution < -0.4 is 0 Å². The molecule has 0 aliphatic heterocycles. The van der Waals surface area contributed by atoms with Crippen LogP contribution in [0.5, 0.6) is 0 Å². The van der Waals surface area contributed by atoms with Crippen molar-refractivity contribution in [1.82, 2.24) is 0 Å². The zero-order valence-electron chi connectivity index (χ0n) is 10.4. The lowest BCUT2D eigenvalue weighted by Gasteiger charge is -2.19. The zero-order chi connectivity index (χ0) is 14.6. The van der Waals surface area contributed by atoms with Crippen molar-refractivity contribution in [3.8, 4) is 0 Å². The van der Waals surface area contributed by atoms with Crippen molar-refractivity contribution in [3.05, 3.63) is 12.8 Å². The lowest BCUT2D eigenvalue weighted by Crippen LogP contribution is -2.44. The summed E-state index contributed by atoms with van der Waals surface area (Å²) in [6, 6.07) is 0. The van der Waals surface area contributed by atoms with E-state index < -0.39 is 37.3 Å². The molecule has 7 heteroatoms. The van der Waals surface area contributed by atoms with Gasteiger partial charge in [0.05, 0.1) is 19.5 Å². The molecule has 0 aliphatic carbocycles. The summed E-state index contributed by atoms with van der Waals surface area (Å²) in [6.07, 6.45) is -2.70. The Hall–Kier alpha value is -0.990. The van der Waals surface area contributed by atoms with Gasteiger partial charge in [0, 0.05) is 0 Å². The highest BCUT2D eigenvalue weighted by Crippen LogP contribution is 2.00. The third-order valence-electron chi connectivity index (χ3n) is 1.83. The Bertz CT molecular complexity index is 219. The third-order valence-corrected chi connectivity index (χ3v) is 1.83. The molecule has 0 fully saturated rings. The van der Waals surface area contributed by atoms with Crippen molar-refractivity contribution in [2.24, 2.45) is 0 Å². The molecule has 0 bridgehead atoms. The van der Waals surface area contributed by atoms with Crippen molar-refractivity contribution in [2.75, 3.05) is 19.8 Å². The van der Waals surface area contributed by atoms with Gasteiger partial charge in [-0.2, -0.15) is 0 Å². The maximum Gasteiger partial charge on any atom is 0.189 e. The van der Waals surface area contributed by atoms with Gasteiger partial charge in [-0.3, -0.25) is 4.79 Å². The van der Waals surface area contributed by atoms with Gasteiger partial charge >= 0.3 is 0 Å². The monoisotopic (exact) mass is 266 g/mol. The molecule has 0 saturated heterocycles. The lowest BCUT2D eigenvalue weighted by molar-refractivity contribution is -0.142. The fourth-order valence-corrected chi connectivity index (χ4v) is 0.804. The van der Waals surface area contributed by atoms with Crippen LogP contribution in [-0.4, -0.2) is 69.4 Å². The van der Waals surface area contributed by atoms with E-state index in [2.05, 4.69) is 13.5 Å². The van der Waals surface area contributed by atoms with Gasteiger partial charge in [0.2, 0.25) is 0 Å². The molecule has 0 rings (SSSR count). The highest BCUT2D eigenvalue weighted by atomic mass is 16.5. The molecule has 0 unspecified atom stereocenters. The number of rotatable bonds is 8. The molecule has 18 heavy (non-hydrogen) atoms. The average molecular weight is 266 g/mol. The number of hydrogen-bond donors (Lipinski definition) is 5. The number of carbonyl (C=O) groups is 1. The number of carbonyl (C=O) groups excluding carboxylic acids is 1. The van der Waals surface area contributed by atoms with E-state index in [0.29, 0.717) is 0 Å². The van der Waals surface area contributed by atoms with Gasteiger partial charge in [-0.15, -0.1) is 0 Å². The summed E-state index contributed by atoms with van der Waals surface area (Å²) >= 11 is 0. The molecule has 0 amide bonds. The summed E-state index contributed by atoms with van der Waals surface area (Å²) in [5.41, 5.74) is 0. The minimum atomic E-state index is -1.86. The van der Waals surface area contributed by atoms with Gasteiger partial charge in [0.25, 0.3) is 0 Å². The Kier molecular flexibility index (Phi) is 13.4. The molecule has 0 heterocycles. The highest BCUT2D eigenvalue weighted by Gasteiger charge is 2.28. The van der Waals surface area contributed by atoms with Crippen molar-refractivity contribution in [3.63, 3.8) is 0 Å². The van der Waals surface area contributed by atoms with Crippen molar-refractivity contribution in [2.45, 2.75) is 31.7 Å². The molecule has 0 aromatic rings. The van der Waals surface area contributed by atoms with Crippen LogP contribution in [0.1, 0.15) is 13.3 Å². The maximum atomic E-state index is 10.5. The largest absolute Gasteiger partial charge is 0.502 e. The topological polar surface area (TPSA) is 127 Å². The predicted octanol–water partition coefficient (Wildman–Crippen LogP) is -1.82. The summed E-state index contributed by atoms with van der Waals surface area (Å²) in [6.45, 7) is 4.54. The molecule has 7 nitrogen and oxygen atoms in total. The summed E-state index contributed by atoms with van der Waals surface area (Å²) in [4.78, 5) is 10.5. The molecule has 0 radical (unpaired) electrons. The predicted molar refractivity (Wildman–Crippen MR) is 63.6 cm³/mol. The number of Topliss-reactive ketones (excluding diaryl/α,β-unsaturated/α-hetero) is 1. The molecule has 3 atom stereocenters.